The van der Waals surface area contributed by atoms with Gasteiger partial charge in [0.25, 0.3) is 0 Å². The van der Waals surface area contributed by atoms with E-state index in [-0.39, 0.29) is 11.9 Å². The zero-order chi connectivity index (χ0) is 13.0. The molecule has 1 saturated carbocycles. The van der Waals surface area contributed by atoms with Crippen LogP contribution < -0.4 is 10.6 Å². The normalized spacial score (nSPS) is 16.6. The van der Waals surface area contributed by atoms with Crippen LogP contribution in [0.2, 0.25) is 0 Å². The van der Waals surface area contributed by atoms with E-state index >= 15 is 0 Å². The number of thiazole rings is 1. The quantitative estimate of drug-likeness (QED) is 0.793. The van der Waals surface area contributed by atoms with Crippen LogP contribution in [0, 0.1) is 5.92 Å². The molecule has 18 heavy (non-hydrogen) atoms. The molecule has 100 valence electrons. The maximum Gasteiger partial charge on any atom is 0.234 e. The Morgan fingerprint density at radius 1 is 1.61 bits per heavy atom. The molecule has 0 bridgehead atoms. The molecule has 1 unspecified atom stereocenters. The minimum atomic E-state index is 0.00512. The van der Waals surface area contributed by atoms with Crippen LogP contribution in [0.5, 0.6) is 0 Å². The number of aromatic nitrogens is 1. The summed E-state index contributed by atoms with van der Waals surface area (Å²) >= 11 is 1.68. The average molecular weight is 267 g/mol. The molecular formula is C13H21N3OS. The molecule has 0 radical (unpaired) electrons. The predicted molar refractivity (Wildman–Crippen MR) is 73.6 cm³/mol. The zero-order valence-corrected chi connectivity index (χ0v) is 11.8. The SMILES string of the molecule is CCc1cnc(C(C)NC(=O)CNCC2CC2)s1. The van der Waals surface area contributed by atoms with Crippen LogP contribution in [0.25, 0.3) is 0 Å². The van der Waals surface area contributed by atoms with Crippen LogP contribution in [-0.4, -0.2) is 24.0 Å². The van der Waals surface area contributed by atoms with Crippen molar-refractivity contribution in [3.8, 4) is 0 Å². The Hall–Kier alpha value is -0.940. The van der Waals surface area contributed by atoms with Crippen molar-refractivity contribution < 1.29 is 4.79 Å². The van der Waals surface area contributed by atoms with Crippen molar-refractivity contribution in [3.63, 3.8) is 0 Å². The van der Waals surface area contributed by atoms with Gasteiger partial charge in [0.15, 0.2) is 0 Å². The van der Waals surface area contributed by atoms with Crippen molar-refractivity contribution in [1.82, 2.24) is 15.6 Å². The summed E-state index contributed by atoms with van der Waals surface area (Å²) in [5.74, 6) is 0.859. The molecule has 1 aliphatic rings. The second kappa shape index (κ2) is 6.29. The number of hydrogen-bond acceptors (Lipinski definition) is 4. The Bertz CT molecular complexity index is 401. The molecule has 1 fully saturated rings. The summed E-state index contributed by atoms with van der Waals surface area (Å²) < 4.78 is 0. The number of carbonyl (C=O) groups excluding carboxylic acids is 1. The summed E-state index contributed by atoms with van der Waals surface area (Å²) in [5, 5.41) is 7.15. The van der Waals surface area contributed by atoms with Gasteiger partial charge in [-0.15, -0.1) is 11.3 Å². The van der Waals surface area contributed by atoms with Gasteiger partial charge in [0, 0.05) is 11.1 Å². The van der Waals surface area contributed by atoms with Gasteiger partial charge in [-0.2, -0.15) is 0 Å². The first kappa shape index (κ1) is 13.5. The molecule has 1 atom stereocenters. The molecule has 0 saturated heterocycles. The summed E-state index contributed by atoms with van der Waals surface area (Å²) in [6.45, 7) is 5.48. The molecule has 1 amide bonds. The van der Waals surface area contributed by atoms with Gasteiger partial charge in [-0.05, 0) is 38.6 Å². The van der Waals surface area contributed by atoms with Crippen molar-refractivity contribution >= 4 is 17.2 Å². The van der Waals surface area contributed by atoms with E-state index in [1.807, 2.05) is 13.1 Å². The maximum atomic E-state index is 11.7. The molecule has 1 heterocycles. The fraction of sp³-hybridized carbons (Fsp3) is 0.692. The van der Waals surface area contributed by atoms with Crippen molar-refractivity contribution in [2.24, 2.45) is 5.92 Å². The maximum absolute atomic E-state index is 11.7. The highest BCUT2D eigenvalue weighted by Gasteiger charge is 2.21. The Morgan fingerprint density at radius 2 is 2.39 bits per heavy atom. The van der Waals surface area contributed by atoms with Crippen LogP contribution in [0.15, 0.2) is 6.20 Å². The third-order valence-electron chi connectivity index (χ3n) is 3.08. The minimum absolute atomic E-state index is 0.00512. The topological polar surface area (TPSA) is 54.0 Å². The van der Waals surface area contributed by atoms with Gasteiger partial charge in [0.1, 0.15) is 5.01 Å². The first-order valence-electron chi connectivity index (χ1n) is 6.63. The number of aryl methyl sites for hydroxylation is 1. The van der Waals surface area contributed by atoms with Crippen molar-refractivity contribution in [1.29, 1.82) is 0 Å². The zero-order valence-electron chi connectivity index (χ0n) is 11.0. The Labute approximate surface area is 112 Å². The van der Waals surface area contributed by atoms with E-state index in [1.165, 1.54) is 17.7 Å². The summed E-state index contributed by atoms with van der Waals surface area (Å²) in [6, 6.07) is 0.00512. The second-order valence-electron chi connectivity index (χ2n) is 4.88. The van der Waals surface area contributed by atoms with E-state index in [9.17, 15) is 4.79 Å². The molecule has 5 heteroatoms. The standard InChI is InChI=1S/C13H21N3OS/c1-3-11-7-15-13(18-11)9(2)16-12(17)8-14-6-10-4-5-10/h7,9-10,14H,3-6,8H2,1-2H3,(H,16,17). The fourth-order valence-electron chi connectivity index (χ4n) is 1.75. The monoisotopic (exact) mass is 267 g/mol. The lowest BCUT2D eigenvalue weighted by atomic mass is 10.3. The lowest BCUT2D eigenvalue weighted by molar-refractivity contribution is -0.120. The van der Waals surface area contributed by atoms with E-state index in [1.54, 1.807) is 11.3 Å². The molecule has 4 nitrogen and oxygen atoms in total. The molecule has 1 aliphatic carbocycles. The van der Waals surface area contributed by atoms with E-state index in [0.717, 1.165) is 23.9 Å². The third kappa shape index (κ3) is 4.07. The van der Waals surface area contributed by atoms with E-state index < -0.39 is 0 Å². The van der Waals surface area contributed by atoms with Gasteiger partial charge < -0.3 is 10.6 Å². The highest BCUT2D eigenvalue weighted by atomic mass is 32.1. The van der Waals surface area contributed by atoms with Gasteiger partial charge in [-0.25, -0.2) is 4.98 Å². The molecule has 0 aliphatic heterocycles. The summed E-state index contributed by atoms with van der Waals surface area (Å²) in [4.78, 5) is 17.3. The average Bonchev–Trinajstić information content (AvgIpc) is 3.04. The Kier molecular flexibility index (Phi) is 4.72. The lowest BCUT2D eigenvalue weighted by Gasteiger charge is -2.11. The van der Waals surface area contributed by atoms with Crippen LogP contribution >= 0.6 is 11.3 Å². The van der Waals surface area contributed by atoms with E-state index in [4.69, 9.17) is 0 Å². The summed E-state index contributed by atoms with van der Waals surface area (Å²) in [6.07, 6.45) is 5.52. The third-order valence-corrected chi connectivity index (χ3v) is 4.41. The Morgan fingerprint density at radius 3 is 3.00 bits per heavy atom. The largest absolute Gasteiger partial charge is 0.346 e. The van der Waals surface area contributed by atoms with Crippen LogP contribution in [-0.2, 0) is 11.2 Å². The molecule has 1 aromatic rings. The Balaban J connectivity index is 1.71. The van der Waals surface area contributed by atoms with Crippen LogP contribution in [0.1, 0.15) is 42.6 Å². The number of hydrogen-bond donors (Lipinski definition) is 2. The second-order valence-corrected chi connectivity index (χ2v) is 6.03. The van der Waals surface area contributed by atoms with Gasteiger partial charge in [0.2, 0.25) is 5.91 Å². The summed E-state index contributed by atoms with van der Waals surface area (Å²) in [5.41, 5.74) is 0. The van der Waals surface area contributed by atoms with E-state index in [0.29, 0.717) is 6.54 Å². The highest BCUT2D eigenvalue weighted by molar-refractivity contribution is 7.11. The van der Waals surface area contributed by atoms with Gasteiger partial charge in [0.05, 0.1) is 12.6 Å². The van der Waals surface area contributed by atoms with Gasteiger partial charge >= 0.3 is 0 Å². The first-order valence-corrected chi connectivity index (χ1v) is 7.45. The molecule has 2 rings (SSSR count). The summed E-state index contributed by atoms with van der Waals surface area (Å²) in [7, 11) is 0. The molecule has 1 aromatic heterocycles. The van der Waals surface area contributed by atoms with Crippen LogP contribution in [0.4, 0.5) is 0 Å². The van der Waals surface area contributed by atoms with Gasteiger partial charge in [-0.3, -0.25) is 4.79 Å². The van der Waals surface area contributed by atoms with E-state index in [2.05, 4.69) is 22.5 Å². The molecular weight excluding hydrogens is 246 g/mol. The molecule has 0 spiro atoms. The first-order chi connectivity index (χ1) is 8.69. The number of nitrogens with zero attached hydrogens (tertiary/aromatic N) is 1. The fourth-order valence-corrected chi connectivity index (χ4v) is 2.61. The highest BCUT2D eigenvalue weighted by Crippen LogP contribution is 2.27. The lowest BCUT2D eigenvalue weighted by Crippen LogP contribution is -2.36. The predicted octanol–water partition coefficient (Wildman–Crippen LogP) is 1.88. The number of nitrogens with one attached hydrogen (secondary N) is 2. The number of carbonyl (C=O) groups is 1. The van der Waals surface area contributed by atoms with Crippen molar-refractivity contribution in [2.45, 2.75) is 39.2 Å². The number of rotatable bonds is 7. The minimum Gasteiger partial charge on any atom is -0.346 e. The molecule has 2 N–H and O–H groups in total. The van der Waals surface area contributed by atoms with Crippen LogP contribution in [0.3, 0.4) is 0 Å². The van der Waals surface area contributed by atoms with Crippen molar-refractivity contribution in [3.05, 3.63) is 16.1 Å². The van der Waals surface area contributed by atoms with Gasteiger partial charge in [-0.1, -0.05) is 6.92 Å². The van der Waals surface area contributed by atoms with Crippen molar-refractivity contribution in [2.75, 3.05) is 13.1 Å². The molecule has 0 aromatic carbocycles. The smallest absolute Gasteiger partial charge is 0.234 e. The number of amides is 1.